The van der Waals surface area contributed by atoms with Crippen LogP contribution < -0.4 is 0 Å². The molecule has 2 saturated heterocycles. The van der Waals surface area contributed by atoms with Crippen LogP contribution in [-0.2, 0) is 6.42 Å². The standard InChI is InChI=1S/C18H28N2O/c21-18(16-20-11-4-5-12-20)9-14-19(15-10-18)13-8-17-6-2-1-3-7-17/h1-3,6-7,21H,4-5,8-16H2. The van der Waals surface area contributed by atoms with E-state index >= 15 is 0 Å². The van der Waals surface area contributed by atoms with Gasteiger partial charge >= 0.3 is 0 Å². The molecule has 0 unspecified atom stereocenters. The van der Waals surface area contributed by atoms with Gasteiger partial charge in [-0.25, -0.2) is 0 Å². The number of β-amino-alcohol motifs (C(OH)–C–C–N with tert-alkyl or cyclic N) is 1. The molecule has 0 aromatic heterocycles. The smallest absolute Gasteiger partial charge is 0.0798 e. The molecule has 21 heavy (non-hydrogen) atoms. The van der Waals surface area contributed by atoms with Crippen molar-refractivity contribution < 1.29 is 5.11 Å². The van der Waals surface area contributed by atoms with Crippen LogP contribution in [0.5, 0.6) is 0 Å². The first-order valence-electron chi connectivity index (χ1n) is 8.45. The van der Waals surface area contributed by atoms with Crippen molar-refractivity contribution in [1.82, 2.24) is 9.80 Å². The predicted octanol–water partition coefficient (Wildman–Crippen LogP) is 2.15. The maximum Gasteiger partial charge on any atom is 0.0798 e. The summed E-state index contributed by atoms with van der Waals surface area (Å²) < 4.78 is 0. The highest BCUT2D eigenvalue weighted by Gasteiger charge is 2.34. The molecule has 3 heteroatoms. The average Bonchev–Trinajstić information content (AvgIpc) is 3.00. The van der Waals surface area contributed by atoms with Gasteiger partial charge < -0.3 is 14.9 Å². The molecule has 2 aliphatic rings. The van der Waals surface area contributed by atoms with Gasteiger partial charge in [-0.05, 0) is 50.8 Å². The van der Waals surface area contributed by atoms with Gasteiger partial charge in [0.15, 0.2) is 0 Å². The lowest BCUT2D eigenvalue weighted by atomic mass is 9.90. The summed E-state index contributed by atoms with van der Waals surface area (Å²) in [5.41, 5.74) is 0.975. The van der Waals surface area contributed by atoms with E-state index < -0.39 is 5.60 Å². The Morgan fingerprint density at radius 1 is 0.905 bits per heavy atom. The number of rotatable bonds is 5. The van der Waals surface area contributed by atoms with Crippen molar-refractivity contribution in [2.75, 3.05) is 39.3 Å². The summed E-state index contributed by atoms with van der Waals surface area (Å²) in [6, 6.07) is 10.7. The summed E-state index contributed by atoms with van der Waals surface area (Å²) in [5, 5.41) is 10.8. The number of hydrogen-bond donors (Lipinski definition) is 1. The monoisotopic (exact) mass is 288 g/mol. The van der Waals surface area contributed by atoms with Crippen molar-refractivity contribution in [2.45, 2.75) is 37.7 Å². The third kappa shape index (κ3) is 4.29. The van der Waals surface area contributed by atoms with Gasteiger partial charge in [0.2, 0.25) is 0 Å². The molecule has 2 aliphatic heterocycles. The SMILES string of the molecule is OC1(CN2CCCC2)CCN(CCc2ccccc2)CC1. The molecular formula is C18H28N2O. The van der Waals surface area contributed by atoms with E-state index in [4.69, 9.17) is 0 Å². The zero-order valence-electron chi connectivity index (χ0n) is 13.0. The highest BCUT2D eigenvalue weighted by molar-refractivity contribution is 5.14. The Bertz CT molecular complexity index is 420. The van der Waals surface area contributed by atoms with Crippen molar-refractivity contribution in [3.63, 3.8) is 0 Å². The zero-order chi connectivity index (χ0) is 14.5. The molecule has 116 valence electrons. The minimum Gasteiger partial charge on any atom is -0.388 e. The van der Waals surface area contributed by atoms with Crippen LogP contribution in [0.25, 0.3) is 0 Å². The van der Waals surface area contributed by atoms with Crippen LogP contribution in [0.1, 0.15) is 31.2 Å². The van der Waals surface area contributed by atoms with Crippen LogP contribution >= 0.6 is 0 Å². The van der Waals surface area contributed by atoms with E-state index in [2.05, 4.69) is 40.1 Å². The van der Waals surface area contributed by atoms with E-state index in [1.165, 1.54) is 31.5 Å². The first kappa shape index (κ1) is 15.0. The highest BCUT2D eigenvalue weighted by atomic mass is 16.3. The van der Waals surface area contributed by atoms with Crippen LogP contribution in [-0.4, -0.2) is 59.8 Å². The lowest BCUT2D eigenvalue weighted by Crippen LogP contribution is -2.50. The summed E-state index contributed by atoms with van der Waals surface area (Å²) in [4.78, 5) is 4.95. The molecule has 0 aliphatic carbocycles. The topological polar surface area (TPSA) is 26.7 Å². The number of piperidine rings is 1. The van der Waals surface area contributed by atoms with Crippen LogP contribution in [0.15, 0.2) is 30.3 Å². The summed E-state index contributed by atoms with van der Waals surface area (Å²) in [6.45, 7) is 6.44. The van der Waals surface area contributed by atoms with E-state index in [1.807, 2.05) is 0 Å². The molecule has 0 saturated carbocycles. The van der Waals surface area contributed by atoms with Gasteiger partial charge in [0.25, 0.3) is 0 Å². The number of likely N-dealkylation sites (tertiary alicyclic amines) is 2. The second kappa shape index (κ2) is 6.91. The second-order valence-corrected chi connectivity index (χ2v) is 6.78. The first-order chi connectivity index (χ1) is 10.2. The molecule has 1 aromatic carbocycles. The summed E-state index contributed by atoms with van der Waals surface area (Å²) in [7, 11) is 0. The average molecular weight is 288 g/mol. The van der Waals surface area contributed by atoms with Crippen molar-refractivity contribution in [1.29, 1.82) is 0 Å². The zero-order valence-corrected chi connectivity index (χ0v) is 13.0. The van der Waals surface area contributed by atoms with E-state index in [0.29, 0.717) is 0 Å². The van der Waals surface area contributed by atoms with Crippen LogP contribution in [0.2, 0.25) is 0 Å². The minimum atomic E-state index is -0.437. The number of aliphatic hydroxyl groups is 1. The van der Waals surface area contributed by atoms with Crippen molar-refractivity contribution >= 4 is 0 Å². The molecule has 1 N–H and O–H groups in total. The minimum absolute atomic E-state index is 0.437. The van der Waals surface area contributed by atoms with Crippen molar-refractivity contribution in [3.8, 4) is 0 Å². The third-order valence-corrected chi connectivity index (χ3v) is 5.06. The molecule has 0 radical (unpaired) electrons. The normalized spacial score (nSPS) is 23.5. The van der Waals surface area contributed by atoms with E-state index in [0.717, 1.165) is 45.4 Å². The van der Waals surface area contributed by atoms with E-state index in [1.54, 1.807) is 0 Å². The molecule has 1 aromatic rings. The molecule has 0 spiro atoms. The van der Waals surface area contributed by atoms with Gasteiger partial charge in [-0.15, -0.1) is 0 Å². The van der Waals surface area contributed by atoms with Gasteiger partial charge in [-0.3, -0.25) is 0 Å². The van der Waals surface area contributed by atoms with Crippen LogP contribution in [0.3, 0.4) is 0 Å². The molecule has 0 atom stereocenters. The first-order valence-corrected chi connectivity index (χ1v) is 8.45. The van der Waals surface area contributed by atoms with E-state index in [9.17, 15) is 5.11 Å². The molecule has 3 nitrogen and oxygen atoms in total. The van der Waals surface area contributed by atoms with Crippen molar-refractivity contribution in [3.05, 3.63) is 35.9 Å². The fourth-order valence-electron chi connectivity index (χ4n) is 3.64. The molecule has 3 rings (SSSR count). The largest absolute Gasteiger partial charge is 0.388 e. The third-order valence-electron chi connectivity index (χ3n) is 5.06. The predicted molar refractivity (Wildman–Crippen MR) is 86.4 cm³/mol. The second-order valence-electron chi connectivity index (χ2n) is 6.78. The van der Waals surface area contributed by atoms with Gasteiger partial charge in [0.1, 0.15) is 0 Å². The maximum atomic E-state index is 10.8. The van der Waals surface area contributed by atoms with Crippen molar-refractivity contribution in [2.24, 2.45) is 0 Å². The number of hydrogen-bond acceptors (Lipinski definition) is 3. The van der Waals surface area contributed by atoms with Gasteiger partial charge in [-0.2, -0.15) is 0 Å². The molecule has 0 amide bonds. The lowest BCUT2D eigenvalue weighted by molar-refractivity contribution is -0.0412. The Morgan fingerprint density at radius 3 is 2.24 bits per heavy atom. The number of nitrogens with zero attached hydrogens (tertiary/aromatic N) is 2. The summed E-state index contributed by atoms with van der Waals surface area (Å²) in [5.74, 6) is 0. The summed E-state index contributed by atoms with van der Waals surface area (Å²) >= 11 is 0. The summed E-state index contributed by atoms with van der Waals surface area (Å²) in [6.07, 6.45) is 5.58. The Kier molecular flexibility index (Phi) is 4.94. The maximum absolute atomic E-state index is 10.8. The van der Waals surface area contributed by atoms with Crippen LogP contribution in [0, 0.1) is 0 Å². The number of benzene rings is 1. The quantitative estimate of drug-likeness (QED) is 0.899. The van der Waals surface area contributed by atoms with Crippen LogP contribution in [0.4, 0.5) is 0 Å². The molecule has 2 heterocycles. The van der Waals surface area contributed by atoms with E-state index in [-0.39, 0.29) is 0 Å². The Balaban J connectivity index is 1.42. The molecular weight excluding hydrogens is 260 g/mol. The fourth-order valence-corrected chi connectivity index (χ4v) is 3.64. The Hall–Kier alpha value is -0.900. The van der Waals surface area contributed by atoms with Gasteiger partial charge in [-0.1, -0.05) is 30.3 Å². The van der Waals surface area contributed by atoms with Gasteiger partial charge in [0.05, 0.1) is 5.60 Å². The Morgan fingerprint density at radius 2 is 1.57 bits per heavy atom. The van der Waals surface area contributed by atoms with Gasteiger partial charge in [0, 0.05) is 26.2 Å². The fraction of sp³-hybridized carbons (Fsp3) is 0.667. The highest BCUT2D eigenvalue weighted by Crippen LogP contribution is 2.25. The Labute approximate surface area is 128 Å². The lowest BCUT2D eigenvalue weighted by Gasteiger charge is -2.40. The molecule has 0 bridgehead atoms. The molecule has 2 fully saturated rings.